The van der Waals surface area contributed by atoms with Crippen molar-refractivity contribution in [2.75, 3.05) is 27.2 Å². The molecule has 0 bridgehead atoms. The number of hydrogen-bond donors (Lipinski definition) is 0. The average molecular weight is 478 g/mol. The largest absolute Gasteiger partial charge is 0.492 e. The van der Waals surface area contributed by atoms with Crippen molar-refractivity contribution in [1.29, 1.82) is 0 Å². The number of likely N-dealkylation sites (N-methyl/N-ethyl adjacent to an activating group) is 1. The summed E-state index contributed by atoms with van der Waals surface area (Å²) < 4.78 is 7.02. The number of halogens is 1. The molecule has 0 aliphatic heterocycles. The van der Waals surface area contributed by atoms with Gasteiger partial charge in [-0.25, -0.2) is 0 Å². The Morgan fingerprint density at radius 1 is 0.871 bits per heavy atom. The summed E-state index contributed by atoms with van der Waals surface area (Å²) in [4.78, 5) is 2.13. The summed E-state index contributed by atoms with van der Waals surface area (Å²) >= 11 is 3.56. The third kappa shape index (κ3) is 6.32. The molecule has 0 amide bonds. The molecule has 3 aromatic carbocycles. The third-order valence-corrected chi connectivity index (χ3v) is 6.11. The second kappa shape index (κ2) is 11.3. The van der Waals surface area contributed by atoms with E-state index in [4.69, 9.17) is 4.74 Å². The van der Waals surface area contributed by atoms with E-state index in [1.165, 1.54) is 27.8 Å². The number of nitrogens with zero attached hydrogens (tertiary/aromatic N) is 1. The van der Waals surface area contributed by atoms with Crippen molar-refractivity contribution >= 4 is 27.1 Å². The molecular formula is C28H32BrNO. The molecule has 0 aliphatic carbocycles. The van der Waals surface area contributed by atoms with E-state index in [2.05, 4.69) is 128 Å². The summed E-state index contributed by atoms with van der Waals surface area (Å²) in [6.07, 6.45) is 0.974. The minimum absolute atomic E-state index is 0.267. The minimum atomic E-state index is 0.267. The van der Waals surface area contributed by atoms with Gasteiger partial charge in [0.2, 0.25) is 0 Å². The maximum Gasteiger partial charge on any atom is 0.119 e. The number of benzene rings is 3. The van der Waals surface area contributed by atoms with Crippen molar-refractivity contribution < 1.29 is 4.74 Å². The SMILES string of the molecule is CCC(=C(c1ccc(OCCN(C)C)cc1)C(C)c1ccc(Br)cc1)c1ccccc1. The molecule has 1 atom stereocenters. The quantitative estimate of drug-likeness (QED) is 0.295. The van der Waals surface area contributed by atoms with Crippen molar-refractivity contribution in [2.24, 2.45) is 0 Å². The Balaban J connectivity index is 2.01. The highest BCUT2D eigenvalue weighted by Gasteiger charge is 2.19. The van der Waals surface area contributed by atoms with Crippen LogP contribution in [-0.2, 0) is 0 Å². The van der Waals surface area contributed by atoms with E-state index < -0.39 is 0 Å². The summed E-state index contributed by atoms with van der Waals surface area (Å²) in [5, 5.41) is 0. The molecule has 0 saturated carbocycles. The fourth-order valence-corrected chi connectivity index (χ4v) is 4.13. The molecule has 3 rings (SSSR count). The van der Waals surface area contributed by atoms with Crippen molar-refractivity contribution in [3.8, 4) is 5.75 Å². The fourth-order valence-electron chi connectivity index (χ4n) is 3.87. The zero-order valence-corrected chi connectivity index (χ0v) is 20.5. The Kier molecular flexibility index (Phi) is 8.51. The van der Waals surface area contributed by atoms with E-state index in [1.807, 2.05) is 0 Å². The molecule has 162 valence electrons. The number of hydrogen-bond acceptors (Lipinski definition) is 2. The summed E-state index contributed by atoms with van der Waals surface area (Å²) in [5.41, 5.74) is 6.60. The highest BCUT2D eigenvalue weighted by molar-refractivity contribution is 9.10. The lowest BCUT2D eigenvalue weighted by molar-refractivity contribution is 0.261. The molecule has 31 heavy (non-hydrogen) atoms. The summed E-state index contributed by atoms with van der Waals surface area (Å²) in [6.45, 7) is 6.14. The van der Waals surface area contributed by atoms with Crippen LogP contribution in [0.2, 0.25) is 0 Å². The van der Waals surface area contributed by atoms with Crippen LogP contribution >= 0.6 is 15.9 Å². The van der Waals surface area contributed by atoms with Crippen LogP contribution in [0.15, 0.2) is 83.3 Å². The van der Waals surface area contributed by atoms with Crippen LogP contribution in [-0.4, -0.2) is 32.1 Å². The van der Waals surface area contributed by atoms with Crippen LogP contribution in [0.4, 0.5) is 0 Å². The summed E-state index contributed by atoms with van der Waals surface area (Å²) in [5.74, 6) is 1.18. The highest BCUT2D eigenvalue weighted by Crippen LogP contribution is 2.40. The van der Waals surface area contributed by atoms with Crippen LogP contribution in [0.1, 0.15) is 42.9 Å². The van der Waals surface area contributed by atoms with Crippen molar-refractivity contribution in [3.63, 3.8) is 0 Å². The molecule has 3 aromatic rings. The summed E-state index contributed by atoms with van der Waals surface area (Å²) in [6, 6.07) is 28.0. The molecule has 0 fully saturated rings. The fraction of sp³-hybridized carbons (Fsp3) is 0.286. The Hall–Kier alpha value is -2.36. The van der Waals surface area contributed by atoms with Crippen LogP contribution in [0.3, 0.4) is 0 Å². The van der Waals surface area contributed by atoms with Gasteiger partial charge in [0, 0.05) is 16.9 Å². The van der Waals surface area contributed by atoms with E-state index in [9.17, 15) is 0 Å². The van der Waals surface area contributed by atoms with E-state index in [0.717, 1.165) is 23.2 Å². The van der Waals surface area contributed by atoms with Gasteiger partial charge in [0.25, 0.3) is 0 Å². The molecule has 0 aliphatic rings. The zero-order chi connectivity index (χ0) is 22.2. The smallest absolute Gasteiger partial charge is 0.119 e. The van der Waals surface area contributed by atoms with Crippen LogP contribution in [0.5, 0.6) is 5.75 Å². The zero-order valence-electron chi connectivity index (χ0n) is 18.9. The first kappa shape index (κ1) is 23.3. The molecular weight excluding hydrogens is 446 g/mol. The van der Waals surface area contributed by atoms with E-state index in [1.54, 1.807) is 0 Å². The number of ether oxygens (including phenoxy) is 1. The normalized spacial score (nSPS) is 13.1. The maximum absolute atomic E-state index is 5.92. The van der Waals surface area contributed by atoms with Gasteiger partial charge < -0.3 is 9.64 Å². The second-order valence-electron chi connectivity index (χ2n) is 8.06. The van der Waals surface area contributed by atoms with Gasteiger partial charge in [0.15, 0.2) is 0 Å². The standard InChI is InChI=1S/C28H32BrNO/c1-5-27(23-9-7-6-8-10-23)28(21(2)22-11-15-25(29)16-12-22)24-13-17-26(18-14-24)31-20-19-30(3)4/h6-18,21H,5,19-20H2,1-4H3. The van der Waals surface area contributed by atoms with Crippen molar-refractivity contribution in [3.05, 3.63) is 100 Å². The van der Waals surface area contributed by atoms with Gasteiger partial charge in [0.1, 0.15) is 12.4 Å². The minimum Gasteiger partial charge on any atom is -0.492 e. The topological polar surface area (TPSA) is 12.5 Å². The van der Waals surface area contributed by atoms with Gasteiger partial charge in [-0.15, -0.1) is 0 Å². The monoisotopic (exact) mass is 477 g/mol. The predicted octanol–water partition coefficient (Wildman–Crippen LogP) is 7.51. The lowest BCUT2D eigenvalue weighted by Gasteiger charge is -2.23. The maximum atomic E-state index is 5.92. The molecule has 0 N–H and O–H groups in total. The molecule has 1 unspecified atom stereocenters. The molecule has 3 heteroatoms. The molecule has 0 heterocycles. The van der Waals surface area contributed by atoms with Crippen LogP contribution in [0, 0.1) is 0 Å². The molecule has 2 nitrogen and oxygen atoms in total. The molecule has 0 aromatic heterocycles. The van der Waals surface area contributed by atoms with Gasteiger partial charge in [-0.2, -0.15) is 0 Å². The van der Waals surface area contributed by atoms with Crippen molar-refractivity contribution in [2.45, 2.75) is 26.2 Å². The van der Waals surface area contributed by atoms with Gasteiger partial charge >= 0.3 is 0 Å². The van der Waals surface area contributed by atoms with Crippen LogP contribution in [0.25, 0.3) is 11.1 Å². The molecule has 0 radical (unpaired) electrons. The van der Waals surface area contributed by atoms with E-state index in [-0.39, 0.29) is 5.92 Å². The number of rotatable bonds is 9. The van der Waals surface area contributed by atoms with Gasteiger partial charge in [-0.1, -0.05) is 84.4 Å². The highest BCUT2D eigenvalue weighted by atomic mass is 79.9. The van der Waals surface area contributed by atoms with Crippen LogP contribution < -0.4 is 4.74 Å². The number of allylic oxidation sites excluding steroid dienone is 2. The first-order chi connectivity index (χ1) is 15.0. The lowest BCUT2D eigenvalue weighted by atomic mass is 9.82. The second-order valence-corrected chi connectivity index (χ2v) is 8.98. The van der Waals surface area contributed by atoms with E-state index >= 15 is 0 Å². The first-order valence-electron chi connectivity index (χ1n) is 10.9. The van der Waals surface area contributed by atoms with E-state index in [0.29, 0.717) is 6.61 Å². The van der Waals surface area contributed by atoms with Crippen molar-refractivity contribution in [1.82, 2.24) is 4.90 Å². The predicted molar refractivity (Wildman–Crippen MR) is 137 cm³/mol. The van der Waals surface area contributed by atoms with Gasteiger partial charge in [-0.3, -0.25) is 0 Å². The molecule has 0 spiro atoms. The van der Waals surface area contributed by atoms with Gasteiger partial charge in [-0.05, 0) is 72.6 Å². The Morgan fingerprint density at radius 3 is 2.10 bits per heavy atom. The lowest BCUT2D eigenvalue weighted by Crippen LogP contribution is -2.19. The first-order valence-corrected chi connectivity index (χ1v) is 11.7. The Bertz CT molecular complexity index is 976. The Morgan fingerprint density at radius 2 is 1.52 bits per heavy atom. The average Bonchev–Trinajstić information content (AvgIpc) is 2.78. The molecule has 0 saturated heterocycles. The third-order valence-electron chi connectivity index (χ3n) is 5.58. The van der Waals surface area contributed by atoms with Gasteiger partial charge in [0.05, 0.1) is 0 Å². The Labute approximate surface area is 195 Å². The summed E-state index contributed by atoms with van der Waals surface area (Å²) in [7, 11) is 4.12.